The van der Waals surface area contributed by atoms with Gasteiger partial charge in [0, 0.05) is 42.3 Å². The number of nitrogens with zero attached hydrogens (tertiary/aromatic N) is 6. The number of allylic oxidation sites excluding steroid dienone is 2. The van der Waals surface area contributed by atoms with Gasteiger partial charge in [0.05, 0.1) is 19.2 Å². The van der Waals surface area contributed by atoms with Gasteiger partial charge in [0.15, 0.2) is 0 Å². The number of carbonyl (C=O) groups is 11. The number of rotatable bonds is 12. The second-order valence-electron chi connectivity index (χ2n) is 24.9. The summed E-state index contributed by atoms with van der Waals surface area (Å²) in [6.45, 7) is 26.6. The topological polar surface area (TPSA) is 288 Å². The highest BCUT2D eigenvalue weighted by molar-refractivity contribution is 5.99. The van der Waals surface area contributed by atoms with E-state index in [0.717, 1.165) is 14.7 Å². The Labute approximate surface area is 483 Å². The first-order valence-corrected chi connectivity index (χ1v) is 28.6. The van der Waals surface area contributed by atoms with Gasteiger partial charge in [-0.1, -0.05) is 102 Å². The maximum atomic E-state index is 15.1. The summed E-state index contributed by atoms with van der Waals surface area (Å²) in [6, 6.07) is -11.3. The molecule has 0 aromatic carbocycles. The van der Waals surface area contributed by atoms with Crippen molar-refractivity contribution in [3.63, 3.8) is 0 Å². The lowest BCUT2D eigenvalue weighted by molar-refractivity contribution is -0.157. The van der Waals surface area contributed by atoms with Gasteiger partial charge in [-0.05, 0) is 87.9 Å². The molecule has 0 aromatic rings. The quantitative estimate of drug-likeness (QED) is 0.153. The monoisotopic (exact) mass is 1150 g/mol. The van der Waals surface area contributed by atoms with Crippen molar-refractivity contribution in [1.29, 1.82) is 0 Å². The van der Waals surface area contributed by atoms with Crippen LogP contribution in [-0.4, -0.2) is 215 Å². The van der Waals surface area contributed by atoms with Crippen molar-refractivity contribution < 1.29 is 57.8 Å². The smallest absolute Gasteiger partial charge is 0.246 e. The minimum Gasteiger partial charge on any atom is -0.390 e. The second-order valence-corrected chi connectivity index (χ2v) is 24.9. The lowest BCUT2D eigenvalue weighted by Gasteiger charge is -2.41. The molecule has 1 aliphatic rings. The molecule has 0 aliphatic carbocycles. The van der Waals surface area contributed by atoms with Crippen LogP contribution in [0.25, 0.3) is 0 Å². The van der Waals surface area contributed by atoms with Crippen molar-refractivity contribution in [3.05, 3.63) is 12.2 Å². The largest absolute Gasteiger partial charge is 0.390 e. The molecule has 0 spiro atoms. The van der Waals surface area contributed by atoms with Crippen molar-refractivity contribution >= 4 is 65.0 Å². The first kappa shape index (κ1) is 72.9. The molecule has 0 radical (unpaired) electrons. The lowest BCUT2D eigenvalue weighted by Crippen LogP contribution is -2.63. The molecule has 1 fully saturated rings. The van der Waals surface area contributed by atoms with E-state index < -0.39 is 156 Å². The first-order valence-electron chi connectivity index (χ1n) is 28.6. The van der Waals surface area contributed by atoms with E-state index in [1.807, 2.05) is 41.5 Å². The molecule has 1 unspecified atom stereocenters. The Kier molecular flexibility index (Phi) is 29.2. The Balaban J connectivity index is 4.19. The van der Waals surface area contributed by atoms with Crippen LogP contribution in [0.2, 0.25) is 0 Å². The molecule has 11 amide bonds. The molecule has 11 atom stereocenters. The van der Waals surface area contributed by atoms with E-state index in [2.05, 4.69) is 26.6 Å². The molecule has 1 rings (SSSR count). The van der Waals surface area contributed by atoms with E-state index in [4.69, 9.17) is 0 Å². The minimum absolute atomic E-state index is 0.0242. The van der Waals surface area contributed by atoms with E-state index in [-0.39, 0.29) is 43.4 Å². The van der Waals surface area contributed by atoms with Crippen LogP contribution in [-0.2, 0) is 52.7 Å². The van der Waals surface area contributed by atoms with Crippen molar-refractivity contribution in [2.45, 2.75) is 203 Å². The van der Waals surface area contributed by atoms with Gasteiger partial charge < -0.3 is 61.1 Å². The maximum absolute atomic E-state index is 15.1. The summed E-state index contributed by atoms with van der Waals surface area (Å²) in [4.78, 5) is 164. The maximum Gasteiger partial charge on any atom is 0.246 e. The van der Waals surface area contributed by atoms with Crippen LogP contribution in [0.3, 0.4) is 0 Å². The van der Waals surface area contributed by atoms with Gasteiger partial charge in [0.1, 0.15) is 54.4 Å². The van der Waals surface area contributed by atoms with Crippen LogP contribution in [0.15, 0.2) is 12.2 Å². The van der Waals surface area contributed by atoms with Crippen LogP contribution in [0, 0.1) is 35.0 Å². The summed E-state index contributed by atoms with van der Waals surface area (Å²) in [6.07, 6.45) is 2.86. The number of carbonyl (C=O) groups excluding carboxylic acids is 11. The highest BCUT2D eigenvalue weighted by Crippen LogP contribution is 2.25. The Hall–Kier alpha value is -6.13. The molecule has 1 saturated heterocycles. The van der Waals surface area contributed by atoms with Gasteiger partial charge in [0.25, 0.3) is 0 Å². The summed E-state index contributed by atoms with van der Waals surface area (Å²) in [5, 5.41) is 25.4. The van der Waals surface area contributed by atoms with Gasteiger partial charge in [-0.2, -0.15) is 0 Å². The third-order valence-electron chi connectivity index (χ3n) is 14.8. The summed E-state index contributed by atoms with van der Waals surface area (Å²) in [5.41, 5.74) is -0.924. The van der Waals surface area contributed by atoms with Gasteiger partial charge in [0.2, 0.25) is 65.0 Å². The molecule has 462 valence electrons. The third kappa shape index (κ3) is 21.3. The van der Waals surface area contributed by atoms with Crippen molar-refractivity contribution in [1.82, 2.24) is 56.0 Å². The van der Waals surface area contributed by atoms with Crippen LogP contribution in [0.4, 0.5) is 0 Å². The molecule has 81 heavy (non-hydrogen) atoms. The molecule has 23 heteroatoms. The van der Waals surface area contributed by atoms with Crippen LogP contribution in [0.1, 0.15) is 143 Å². The van der Waals surface area contributed by atoms with E-state index in [0.29, 0.717) is 6.42 Å². The zero-order chi connectivity index (χ0) is 62.9. The normalized spacial score (nSPS) is 26.7. The molecule has 23 nitrogen and oxygen atoms in total. The number of likely N-dealkylation sites (N-methyl/N-ethyl adjacent to an activating group) is 6. The second kappa shape index (κ2) is 32.5. The summed E-state index contributed by atoms with van der Waals surface area (Å²) < 4.78 is 0. The zero-order valence-electron chi connectivity index (χ0n) is 52.9. The van der Waals surface area contributed by atoms with Gasteiger partial charge in [-0.25, -0.2) is 0 Å². The van der Waals surface area contributed by atoms with E-state index in [1.54, 1.807) is 67.5 Å². The number of aliphatic hydroxyl groups excluding tert-OH is 1. The van der Waals surface area contributed by atoms with Crippen LogP contribution >= 0.6 is 0 Å². The predicted molar refractivity (Wildman–Crippen MR) is 310 cm³/mol. The predicted octanol–water partition coefficient (Wildman–Crippen LogP) is 1.90. The molecule has 0 saturated carbocycles. The fourth-order valence-electron chi connectivity index (χ4n) is 9.75. The molecular weight excluding hydrogens is 1040 g/mol. The van der Waals surface area contributed by atoms with E-state index in [1.165, 1.54) is 70.8 Å². The summed E-state index contributed by atoms with van der Waals surface area (Å²) >= 11 is 0. The number of nitrogens with one attached hydrogen (secondary N) is 5. The van der Waals surface area contributed by atoms with Gasteiger partial charge in [-0.3, -0.25) is 52.7 Å². The van der Waals surface area contributed by atoms with Crippen molar-refractivity contribution in [2.24, 2.45) is 35.0 Å². The Morgan fingerprint density at radius 3 is 1.47 bits per heavy atom. The minimum atomic E-state index is -1.60. The molecule has 1 aliphatic heterocycles. The highest BCUT2D eigenvalue weighted by atomic mass is 16.3. The number of hydrogen-bond acceptors (Lipinski definition) is 12. The van der Waals surface area contributed by atoms with E-state index in [9.17, 15) is 48.3 Å². The Bertz CT molecular complexity index is 2230. The standard InChI is InChI=1S/C58H103N11O12/c1-23-25-26-36(11)47(72)46-51(75)61-39(24-2)54(78)65(18)31-44(71)64(17)30-43(70)63-48(58(14,15)16)52(76)59-37(12)49(73)62-40(27-32(3)4)50(74)60-38(13)53(77)66(19)41(28-33(5)6)55(79)67(20)42(29-34(7)8)56(80)68(21)45(35(9)10)57(81)69(46)22/h23,25,32-42,45-48,72H,24,26-31H2,1-22H3,(H,59,76)(H,60,74)(H,61,75)(H,62,73)(H,63,70)/b25-23+/t36-,37+,38-,39+,40?,41+,42-,45+,46+,47-,48-/m1/s1. The van der Waals surface area contributed by atoms with Gasteiger partial charge >= 0.3 is 0 Å². The third-order valence-corrected chi connectivity index (χ3v) is 14.8. The zero-order valence-corrected chi connectivity index (χ0v) is 52.9. The Morgan fingerprint density at radius 2 is 1.00 bits per heavy atom. The highest BCUT2D eigenvalue weighted by Gasteiger charge is 2.45. The average molecular weight is 1150 g/mol. The molecular formula is C58H103N11O12. The molecule has 1 heterocycles. The molecule has 6 N–H and O–H groups in total. The van der Waals surface area contributed by atoms with Gasteiger partial charge in [-0.15, -0.1) is 0 Å². The molecule has 0 aromatic heterocycles. The SMILES string of the molecule is C/C=C/C[C@@H](C)[C@@H](O)[C@H]1C(=O)N[C@@H](CC)C(=O)N(C)CC(=O)N(C)CC(=O)N[C@@H](C(C)(C)C)C(=O)N[C@@H](C)C(=O)NC(CC(C)C)C(=O)N[C@H](C)C(=O)N(C)[C@@H](CC(C)C)C(=O)N(C)[C@H](CC(C)C)C(=O)N(C)[C@@H](C(C)C)C(=O)N1C. The van der Waals surface area contributed by atoms with E-state index >= 15 is 9.59 Å². The fraction of sp³-hybridized carbons (Fsp3) is 0.776. The van der Waals surface area contributed by atoms with Crippen molar-refractivity contribution in [2.75, 3.05) is 55.4 Å². The van der Waals surface area contributed by atoms with Crippen LogP contribution in [0.5, 0.6) is 0 Å². The number of aliphatic hydroxyl groups is 1. The summed E-state index contributed by atoms with van der Waals surface area (Å²) in [7, 11) is 8.35. The molecule has 0 bridgehead atoms. The average Bonchev–Trinajstić information content (AvgIpc) is 3.36. The van der Waals surface area contributed by atoms with Crippen LogP contribution < -0.4 is 26.6 Å². The number of amides is 11. The summed E-state index contributed by atoms with van der Waals surface area (Å²) in [5.74, 6) is -9.34. The number of hydrogen-bond donors (Lipinski definition) is 6. The fourth-order valence-corrected chi connectivity index (χ4v) is 9.75. The lowest BCUT2D eigenvalue weighted by atomic mass is 9.86. The Morgan fingerprint density at radius 1 is 0.531 bits per heavy atom. The van der Waals surface area contributed by atoms with Crippen molar-refractivity contribution in [3.8, 4) is 0 Å². The first-order chi connectivity index (χ1) is 37.3.